The molecule has 2 heterocycles. The molecule has 4 rings (SSSR count). The van der Waals surface area contributed by atoms with Crippen LogP contribution in [-0.2, 0) is 10.0 Å². The molecule has 0 unspecified atom stereocenters. The Morgan fingerprint density at radius 1 is 1.07 bits per heavy atom. The fourth-order valence-electron chi connectivity index (χ4n) is 3.23. The van der Waals surface area contributed by atoms with Gasteiger partial charge >= 0.3 is 0 Å². The largest absolute Gasteiger partial charge is 0.321 e. The van der Waals surface area contributed by atoms with E-state index in [2.05, 4.69) is 9.69 Å². The van der Waals surface area contributed by atoms with E-state index in [0.29, 0.717) is 39.6 Å². The number of rotatable bonds is 4. The van der Waals surface area contributed by atoms with Crippen molar-refractivity contribution in [3.8, 4) is 0 Å². The minimum absolute atomic E-state index is 0.238. The molecule has 0 aliphatic carbocycles. The number of anilines is 1. The highest BCUT2D eigenvalue weighted by atomic mass is 35.5. The van der Waals surface area contributed by atoms with E-state index in [1.807, 2.05) is 0 Å². The van der Waals surface area contributed by atoms with Crippen molar-refractivity contribution in [1.82, 2.24) is 8.68 Å². The van der Waals surface area contributed by atoms with E-state index >= 15 is 0 Å². The second-order valence-corrected chi connectivity index (χ2v) is 9.76. The van der Waals surface area contributed by atoms with Gasteiger partial charge in [0.15, 0.2) is 0 Å². The second-order valence-electron chi connectivity index (χ2n) is 6.62. The minimum atomic E-state index is -3.49. The van der Waals surface area contributed by atoms with Gasteiger partial charge in [-0.1, -0.05) is 18.0 Å². The molecule has 1 aliphatic heterocycles. The Morgan fingerprint density at radius 3 is 2.50 bits per heavy atom. The Morgan fingerprint density at radius 2 is 1.79 bits per heavy atom. The first-order valence-corrected chi connectivity index (χ1v) is 11.5. The molecule has 1 amide bonds. The van der Waals surface area contributed by atoms with E-state index < -0.39 is 10.0 Å². The van der Waals surface area contributed by atoms with Crippen LogP contribution in [0.4, 0.5) is 5.69 Å². The lowest BCUT2D eigenvalue weighted by Crippen LogP contribution is -2.35. The van der Waals surface area contributed by atoms with Crippen LogP contribution < -0.4 is 5.32 Å². The number of halogens is 1. The Hall–Kier alpha value is -2.00. The first-order valence-electron chi connectivity index (χ1n) is 8.92. The van der Waals surface area contributed by atoms with Gasteiger partial charge in [0, 0.05) is 29.2 Å². The molecule has 1 aromatic heterocycles. The summed E-state index contributed by atoms with van der Waals surface area (Å²) in [5, 5.41) is 4.02. The number of benzene rings is 2. The molecule has 3 aromatic rings. The second kappa shape index (κ2) is 7.79. The van der Waals surface area contributed by atoms with Gasteiger partial charge in [0.2, 0.25) is 10.0 Å². The summed E-state index contributed by atoms with van der Waals surface area (Å²) in [6.07, 6.45) is 2.84. The summed E-state index contributed by atoms with van der Waals surface area (Å²) in [4.78, 5) is 13.3. The number of nitrogens with zero attached hydrogens (tertiary/aromatic N) is 2. The molecule has 28 heavy (non-hydrogen) atoms. The number of nitrogens with one attached hydrogen (secondary N) is 1. The molecule has 0 radical (unpaired) electrons. The van der Waals surface area contributed by atoms with Crippen LogP contribution in [0.1, 0.15) is 28.9 Å². The van der Waals surface area contributed by atoms with Crippen molar-refractivity contribution in [3.63, 3.8) is 0 Å². The van der Waals surface area contributed by atoms with Gasteiger partial charge in [0.25, 0.3) is 5.91 Å². The van der Waals surface area contributed by atoms with E-state index in [-0.39, 0.29) is 10.8 Å². The number of amides is 1. The average Bonchev–Trinajstić information content (AvgIpc) is 3.12. The number of sulfonamides is 1. The maximum atomic E-state index is 12.7. The van der Waals surface area contributed by atoms with Crippen molar-refractivity contribution >= 4 is 55.7 Å². The van der Waals surface area contributed by atoms with Crippen LogP contribution in [0.3, 0.4) is 0 Å². The van der Waals surface area contributed by atoms with Gasteiger partial charge in [-0.25, -0.2) is 8.42 Å². The average molecular weight is 436 g/mol. The monoisotopic (exact) mass is 435 g/mol. The zero-order chi connectivity index (χ0) is 19.7. The molecule has 9 heteroatoms. The third-order valence-electron chi connectivity index (χ3n) is 4.71. The highest BCUT2D eigenvalue weighted by molar-refractivity contribution is 7.89. The number of fused-ring (bicyclic) bond motifs is 1. The summed E-state index contributed by atoms with van der Waals surface area (Å²) in [6.45, 7) is 1.11. The van der Waals surface area contributed by atoms with E-state index in [4.69, 9.17) is 11.6 Å². The predicted molar refractivity (Wildman–Crippen MR) is 112 cm³/mol. The predicted octanol–water partition coefficient (Wildman–Crippen LogP) is 4.38. The fraction of sp³-hybridized carbons (Fsp3) is 0.263. The van der Waals surface area contributed by atoms with E-state index in [1.165, 1.54) is 16.4 Å². The molecule has 1 aliphatic rings. The van der Waals surface area contributed by atoms with Gasteiger partial charge in [-0.2, -0.15) is 8.68 Å². The van der Waals surface area contributed by atoms with Gasteiger partial charge in [-0.15, -0.1) is 0 Å². The normalized spacial score (nSPS) is 15.6. The van der Waals surface area contributed by atoms with Crippen LogP contribution in [-0.4, -0.2) is 36.1 Å². The maximum absolute atomic E-state index is 12.7. The van der Waals surface area contributed by atoms with Gasteiger partial charge < -0.3 is 5.32 Å². The molecule has 0 bridgehead atoms. The summed E-state index contributed by atoms with van der Waals surface area (Å²) in [5.41, 5.74) is 1.23. The minimum Gasteiger partial charge on any atom is -0.321 e. The molecule has 0 saturated carbocycles. The van der Waals surface area contributed by atoms with Crippen LogP contribution in [0.2, 0.25) is 5.02 Å². The van der Waals surface area contributed by atoms with E-state index in [0.717, 1.165) is 30.8 Å². The van der Waals surface area contributed by atoms with Crippen LogP contribution in [0, 0.1) is 0 Å². The van der Waals surface area contributed by atoms with Crippen molar-refractivity contribution in [1.29, 1.82) is 0 Å². The number of aromatic nitrogens is 1. The lowest BCUT2D eigenvalue weighted by Gasteiger charge is -2.25. The quantitative estimate of drug-likeness (QED) is 0.659. The molecule has 1 saturated heterocycles. The van der Waals surface area contributed by atoms with E-state index in [1.54, 1.807) is 30.3 Å². The smallest absolute Gasteiger partial charge is 0.268 e. The SMILES string of the molecule is O=C(Nc1ccc(S(=O)(=O)N2CCCCC2)cc1)c1snc2ccc(Cl)cc12. The summed E-state index contributed by atoms with van der Waals surface area (Å²) < 4.78 is 31.2. The molecule has 0 atom stereocenters. The summed E-state index contributed by atoms with van der Waals surface area (Å²) in [5.74, 6) is -0.304. The maximum Gasteiger partial charge on any atom is 0.268 e. The van der Waals surface area contributed by atoms with Gasteiger partial charge in [-0.3, -0.25) is 4.79 Å². The highest BCUT2D eigenvalue weighted by Gasteiger charge is 2.25. The molecular weight excluding hydrogens is 418 g/mol. The Bertz CT molecular complexity index is 1120. The molecule has 0 spiro atoms. The Balaban J connectivity index is 1.52. The van der Waals surface area contributed by atoms with Crippen LogP contribution in [0.25, 0.3) is 10.9 Å². The third kappa shape index (κ3) is 3.77. The Labute approximate surface area is 172 Å². The van der Waals surface area contributed by atoms with Gasteiger partial charge in [0.05, 0.1) is 10.4 Å². The van der Waals surface area contributed by atoms with Crippen molar-refractivity contribution in [3.05, 3.63) is 52.4 Å². The third-order valence-corrected chi connectivity index (χ3v) is 7.73. The van der Waals surface area contributed by atoms with Crippen LogP contribution in [0.15, 0.2) is 47.4 Å². The van der Waals surface area contributed by atoms with Crippen molar-refractivity contribution in [2.24, 2.45) is 0 Å². The zero-order valence-electron chi connectivity index (χ0n) is 14.9. The topological polar surface area (TPSA) is 79.4 Å². The Kier molecular flexibility index (Phi) is 5.37. The van der Waals surface area contributed by atoms with Crippen LogP contribution in [0.5, 0.6) is 0 Å². The van der Waals surface area contributed by atoms with Crippen molar-refractivity contribution in [2.75, 3.05) is 18.4 Å². The zero-order valence-corrected chi connectivity index (χ0v) is 17.3. The molecule has 1 N–H and O–H groups in total. The summed E-state index contributed by atoms with van der Waals surface area (Å²) in [7, 11) is -3.49. The standard InChI is InChI=1S/C19H18ClN3O3S2/c20-13-4-9-17-16(12-13)18(27-22-17)19(24)21-14-5-7-15(8-6-14)28(25,26)23-10-2-1-3-11-23/h4-9,12H,1-3,10-11H2,(H,21,24). The van der Waals surface area contributed by atoms with Crippen molar-refractivity contribution in [2.45, 2.75) is 24.2 Å². The molecule has 6 nitrogen and oxygen atoms in total. The summed E-state index contributed by atoms with van der Waals surface area (Å²) in [6, 6.07) is 11.5. The fourth-order valence-corrected chi connectivity index (χ4v) is 5.66. The van der Waals surface area contributed by atoms with E-state index in [9.17, 15) is 13.2 Å². The van der Waals surface area contributed by atoms with Gasteiger partial charge in [-0.05, 0) is 66.8 Å². The molecular formula is C19H18ClN3O3S2. The first-order chi connectivity index (χ1) is 13.4. The first kappa shape index (κ1) is 19.3. The lowest BCUT2D eigenvalue weighted by atomic mass is 10.2. The number of hydrogen-bond acceptors (Lipinski definition) is 5. The van der Waals surface area contributed by atoms with Gasteiger partial charge in [0.1, 0.15) is 4.88 Å². The molecule has 2 aromatic carbocycles. The number of carbonyl (C=O) groups excluding carboxylic acids is 1. The number of carbonyl (C=O) groups is 1. The molecule has 146 valence electrons. The molecule has 1 fully saturated rings. The summed E-state index contributed by atoms with van der Waals surface area (Å²) >= 11 is 7.12. The highest BCUT2D eigenvalue weighted by Crippen LogP contribution is 2.27. The van der Waals surface area contributed by atoms with Crippen molar-refractivity contribution < 1.29 is 13.2 Å². The number of hydrogen-bond donors (Lipinski definition) is 1. The van der Waals surface area contributed by atoms with Crippen LogP contribution >= 0.6 is 23.1 Å². The number of piperidine rings is 1. The lowest BCUT2D eigenvalue weighted by molar-refractivity contribution is 0.103.